The zero-order valence-electron chi connectivity index (χ0n) is 15.4. The summed E-state index contributed by atoms with van der Waals surface area (Å²) in [4.78, 5) is 6.30. The second-order valence-corrected chi connectivity index (χ2v) is 8.47. The minimum absolute atomic E-state index is 0.170. The van der Waals surface area contributed by atoms with Crippen LogP contribution >= 0.6 is 0 Å². The van der Waals surface area contributed by atoms with Crippen LogP contribution in [0.2, 0.25) is 0 Å². The molecule has 140 valence electrons. The van der Waals surface area contributed by atoms with E-state index < -0.39 is 0 Å². The van der Waals surface area contributed by atoms with Gasteiger partial charge in [-0.2, -0.15) is 0 Å². The van der Waals surface area contributed by atoms with Gasteiger partial charge in [0.2, 0.25) is 0 Å². The summed E-state index contributed by atoms with van der Waals surface area (Å²) in [6.45, 7) is 2.57. The van der Waals surface area contributed by atoms with Gasteiger partial charge in [0.15, 0.2) is 0 Å². The Kier molecular flexibility index (Phi) is 3.82. The molecule has 1 aromatic carbocycles. The van der Waals surface area contributed by atoms with E-state index in [0.29, 0.717) is 17.9 Å². The molecule has 4 unspecified atom stereocenters. The van der Waals surface area contributed by atoms with E-state index in [1.165, 1.54) is 23.1 Å². The molecule has 1 aliphatic carbocycles. The molecule has 5 nitrogen and oxygen atoms in total. The third-order valence-corrected chi connectivity index (χ3v) is 7.23. The van der Waals surface area contributed by atoms with Crippen molar-refractivity contribution in [3.8, 4) is 5.75 Å². The lowest BCUT2D eigenvalue weighted by atomic mass is 9.56. The minimum Gasteiger partial charge on any atom is -0.497 e. The van der Waals surface area contributed by atoms with Gasteiger partial charge in [0, 0.05) is 47.8 Å². The number of rotatable bonds is 4. The maximum atomic E-state index is 10.7. The number of ether oxygens (including phenoxy) is 1. The van der Waals surface area contributed by atoms with Crippen LogP contribution in [-0.2, 0) is 11.8 Å². The molecule has 4 bridgehead atoms. The average molecular weight is 356 g/mol. The van der Waals surface area contributed by atoms with Crippen molar-refractivity contribution < 1.29 is 14.9 Å². The van der Waals surface area contributed by atoms with E-state index in [4.69, 9.17) is 4.74 Å². The monoisotopic (exact) mass is 356 g/mol. The van der Waals surface area contributed by atoms with E-state index in [9.17, 15) is 10.2 Å². The number of hydrogen-bond donors (Lipinski definition) is 3. The Morgan fingerprint density at radius 1 is 1.35 bits per heavy atom. The molecule has 1 saturated carbocycles. The van der Waals surface area contributed by atoms with E-state index in [1.54, 1.807) is 7.11 Å². The molecule has 3 fully saturated rings. The predicted octanol–water partition coefficient (Wildman–Crippen LogP) is 2.06. The standard InChI is InChI=1S/C21H28N2O3/c1-26-15-2-3-18-17(9-15)16-4-6-23-11-13-8-14(5-7-24)20(23)21(10-13,12-25)19(16)22-18/h2-3,9,13-14,20,22,24-25H,4-8,10-12H2,1H3/t13-,14?,20?,21?/m1/s1. The number of aliphatic hydroxyl groups excluding tert-OH is 2. The Morgan fingerprint density at radius 3 is 3.00 bits per heavy atom. The number of aromatic amines is 1. The lowest BCUT2D eigenvalue weighted by molar-refractivity contribution is -0.0815. The number of aliphatic hydroxyl groups is 2. The quantitative estimate of drug-likeness (QED) is 0.784. The van der Waals surface area contributed by atoms with E-state index in [0.717, 1.165) is 43.6 Å². The van der Waals surface area contributed by atoms with Crippen molar-refractivity contribution in [2.75, 3.05) is 33.4 Å². The molecule has 3 aliphatic heterocycles. The summed E-state index contributed by atoms with van der Waals surface area (Å²) < 4.78 is 5.45. The third-order valence-electron chi connectivity index (χ3n) is 7.23. The van der Waals surface area contributed by atoms with Gasteiger partial charge in [-0.05, 0) is 61.3 Å². The molecule has 4 heterocycles. The minimum atomic E-state index is -0.237. The van der Waals surface area contributed by atoms with E-state index >= 15 is 0 Å². The maximum absolute atomic E-state index is 10.7. The predicted molar refractivity (Wildman–Crippen MR) is 101 cm³/mol. The van der Waals surface area contributed by atoms with Gasteiger partial charge in [0.25, 0.3) is 0 Å². The average Bonchev–Trinajstić information content (AvgIpc) is 3.00. The van der Waals surface area contributed by atoms with Crippen LogP contribution in [0.3, 0.4) is 0 Å². The Morgan fingerprint density at radius 2 is 2.23 bits per heavy atom. The lowest BCUT2D eigenvalue weighted by Crippen LogP contribution is -2.65. The molecule has 2 saturated heterocycles. The zero-order chi connectivity index (χ0) is 17.9. The van der Waals surface area contributed by atoms with Gasteiger partial charge in [-0.15, -0.1) is 0 Å². The maximum Gasteiger partial charge on any atom is 0.119 e. The smallest absolute Gasteiger partial charge is 0.119 e. The summed E-state index contributed by atoms with van der Waals surface area (Å²) in [7, 11) is 1.71. The molecule has 1 aromatic heterocycles. The van der Waals surface area contributed by atoms with Crippen molar-refractivity contribution in [3.63, 3.8) is 0 Å². The largest absolute Gasteiger partial charge is 0.497 e. The summed E-state index contributed by atoms with van der Waals surface area (Å²) in [5.74, 6) is 1.95. The molecule has 4 aliphatic rings. The van der Waals surface area contributed by atoms with Crippen molar-refractivity contribution in [2.24, 2.45) is 11.8 Å². The van der Waals surface area contributed by atoms with Gasteiger partial charge in [-0.1, -0.05) is 0 Å². The van der Waals surface area contributed by atoms with Gasteiger partial charge in [-0.3, -0.25) is 4.90 Å². The number of aromatic nitrogens is 1. The number of nitrogens with one attached hydrogen (secondary N) is 1. The first-order valence-electron chi connectivity index (χ1n) is 9.85. The fraction of sp³-hybridized carbons (Fsp3) is 0.619. The highest BCUT2D eigenvalue weighted by atomic mass is 16.5. The Labute approximate surface area is 154 Å². The van der Waals surface area contributed by atoms with Gasteiger partial charge in [0.1, 0.15) is 5.75 Å². The summed E-state index contributed by atoms with van der Waals surface area (Å²) in [6.07, 6.45) is 4.07. The number of hydrogen-bond acceptors (Lipinski definition) is 4. The van der Waals surface area contributed by atoms with E-state index in [1.807, 2.05) is 6.07 Å². The van der Waals surface area contributed by atoms with Crippen molar-refractivity contribution in [2.45, 2.75) is 37.1 Å². The highest BCUT2D eigenvalue weighted by Gasteiger charge is 2.58. The summed E-state index contributed by atoms with van der Waals surface area (Å²) in [5.41, 5.74) is 3.49. The molecule has 5 heteroatoms. The van der Waals surface area contributed by atoms with Crippen LogP contribution in [0.4, 0.5) is 0 Å². The number of piperidine rings is 2. The number of benzene rings is 1. The SMILES string of the molecule is COc1ccc2[nH]c3c(c2c1)CCN1C[C@@H]2CC(CCO)C1C3(CO)C2. The topological polar surface area (TPSA) is 68.7 Å². The lowest BCUT2D eigenvalue weighted by Gasteiger charge is -2.59. The molecule has 0 spiro atoms. The first-order valence-corrected chi connectivity index (χ1v) is 9.85. The normalized spacial score (nSPS) is 35.3. The van der Waals surface area contributed by atoms with Gasteiger partial charge in [-0.25, -0.2) is 0 Å². The molecule has 0 amide bonds. The summed E-state index contributed by atoms with van der Waals surface area (Å²) in [5, 5.41) is 21.5. The fourth-order valence-corrected chi connectivity index (χ4v) is 6.41. The Balaban J connectivity index is 1.71. The van der Waals surface area contributed by atoms with E-state index in [2.05, 4.69) is 22.0 Å². The number of nitrogens with zero attached hydrogens (tertiary/aromatic N) is 1. The van der Waals surface area contributed by atoms with Crippen molar-refractivity contribution in [1.29, 1.82) is 0 Å². The van der Waals surface area contributed by atoms with Gasteiger partial charge < -0.3 is 19.9 Å². The molecular weight excluding hydrogens is 328 g/mol. The zero-order valence-corrected chi connectivity index (χ0v) is 15.4. The van der Waals surface area contributed by atoms with Crippen molar-refractivity contribution in [3.05, 3.63) is 29.5 Å². The third kappa shape index (κ3) is 2.14. The first-order chi connectivity index (χ1) is 12.7. The Bertz CT molecular complexity index is 832. The van der Waals surface area contributed by atoms with Crippen molar-refractivity contribution in [1.82, 2.24) is 9.88 Å². The van der Waals surface area contributed by atoms with Crippen LogP contribution in [-0.4, -0.2) is 59.6 Å². The van der Waals surface area contributed by atoms with Crippen molar-refractivity contribution >= 4 is 10.9 Å². The van der Waals surface area contributed by atoms with Crippen LogP contribution in [0.25, 0.3) is 10.9 Å². The highest BCUT2D eigenvalue weighted by molar-refractivity contribution is 5.87. The second-order valence-electron chi connectivity index (χ2n) is 8.47. The molecule has 26 heavy (non-hydrogen) atoms. The fourth-order valence-electron chi connectivity index (χ4n) is 6.41. The van der Waals surface area contributed by atoms with Crippen LogP contribution in [0.1, 0.15) is 30.5 Å². The van der Waals surface area contributed by atoms with Crippen LogP contribution in [0.5, 0.6) is 5.75 Å². The molecule has 5 atom stereocenters. The summed E-state index contributed by atoms with van der Waals surface area (Å²) in [6, 6.07) is 6.54. The number of fused-ring (bicyclic) bond motifs is 4. The van der Waals surface area contributed by atoms with E-state index in [-0.39, 0.29) is 18.6 Å². The highest BCUT2D eigenvalue weighted by Crippen LogP contribution is 2.54. The summed E-state index contributed by atoms with van der Waals surface area (Å²) >= 11 is 0. The number of H-pyrrole nitrogens is 1. The number of methoxy groups -OCH3 is 1. The second kappa shape index (κ2) is 5.98. The van der Waals surface area contributed by atoms with Crippen LogP contribution < -0.4 is 4.74 Å². The molecule has 0 radical (unpaired) electrons. The van der Waals surface area contributed by atoms with Crippen LogP contribution in [0.15, 0.2) is 18.2 Å². The first kappa shape index (κ1) is 16.6. The molecular formula is C21H28N2O3. The van der Waals surface area contributed by atoms with Gasteiger partial charge in [0.05, 0.1) is 13.7 Å². The molecule has 6 rings (SSSR count). The molecule has 3 N–H and O–H groups in total. The van der Waals surface area contributed by atoms with Gasteiger partial charge >= 0.3 is 0 Å². The Hall–Kier alpha value is -1.56. The molecule has 2 aromatic rings. The van der Waals surface area contributed by atoms with Crippen LogP contribution in [0, 0.1) is 11.8 Å².